The van der Waals surface area contributed by atoms with Crippen molar-refractivity contribution in [2.24, 2.45) is 17.3 Å². The average Bonchev–Trinajstić information content (AvgIpc) is 3.23. The number of amides is 1. The summed E-state index contributed by atoms with van der Waals surface area (Å²) in [5.41, 5.74) is 2.40. The lowest BCUT2D eigenvalue weighted by atomic mass is 9.58. The third kappa shape index (κ3) is 5.87. The van der Waals surface area contributed by atoms with Gasteiger partial charge in [-0.25, -0.2) is 10.3 Å². The van der Waals surface area contributed by atoms with Crippen molar-refractivity contribution in [1.82, 2.24) is 5.48 Å². The second-order valence-corrected chi connectivity index (χ2v) is 12.2. The number of hydroxylamine groups is 1. The quantitative estimate of drug-likeness (QED) is 0.163. The number of hydrogen-bond acceptors (Lipinski definition) is 12. The summed E-state index contributed by atoms with van der Waals surface area (Å²) in [5.74, 6) is -1.57. The number of carboxylic acid groups (broad SMARTS) is 1. The molecule has 1 amide bonds. The summed E-state index contributed by atoms with van der Waals surface area (Å²) in [6.07, 6.45) is -5.95. The Balaban J connectivity index is 1.27. The Kier molecular flexibility index (Phi) is 8.21. The van der Waals surface area contributed by atoms with Crippen LogP contribution in [0.3, 0.4) is 0 Å². The van der Waals surface area contributed by atoms with Crippen molar-refractivity contribution in [2.75, 3.05) is 13.2 Å². The maximum atomic E-state index is 12.4. The smallest absolute Gasteiger partial charge is 0.446 e. The first kappa shape index (κ1) is 29.9. The molecule has 0 spiro atoms. The Labute approximate surface area is 235 Å². The Morgan fingerprint density at radius 1 is 1.12 bits per heavy atom. The highest BCUT2D eigenvalue weighted by Crippen LogP contribution is 2.61. The molecule has 0 bridgehead atoms. The Bertz CT molecular complexity index is 1270. The molecule has 0 radical (unpaired) electrons. The molecule has 2 aliphatic carbocycles. The molecule has 16 heteroatoms. The van der Waals surface area contributed by atoms with Crippen LogP contribution in [0.25, 0.3) is 0 Å². The number of benzene rings is 1. The van der Waals surface area contributed by atoms with Crippen LogP contribution in [0.15, 0.2) is 18.2 Å². The van der Waals surface area contributed by atoms with Crippen LogP contribution in [0.5, 0.6) is 11.5 Å². The monoisotopic (exact) mass is 603 g/mol. The Morgan fingerprint density at radius 3 is 2.59 bits per heavy atom. The van der Waals surface area contributed by atoms with Crippen LogP contribution in [0.4, 0.5) is 0 Å². The van der Waals surface area contributed by atoms with E-state index in [0.717, 1.165) is 24.8 Å². The fourth-order valence-electron chi connectivity index (χ4n) is 6.95. The molecular weight excluding hydrogens is 570 g/mol. The van der Waals surface area contributed by atoms with E-state index in [-0.39, 0.29) is 28.9 Å². The van der Waals surface area contributed by atoms with Crippen LogP contribution in [-0.4, -0.2) is 95.3 Å². The summed E-state index contributed by atoms with van der Waals surface area (Å²) in [7, 11) is -4.67. The Hall–Kier alpha value is -2.57. The van der Waals surface area contributed by atoms with Crippen molar-refractivity contribution in [1.29, 1.82) is 0 Å². The zero-order chi connectivity index (χ0) is 29.7. The first-order valence-electron chi connectivity index (χ1n) is 13.2. The van der Waals surface area contributed by atoms with Crippen molar-refractivity contribution in [3.63, 3.8) is 0 Å². The molecule has 1 saturated heterocycles. The number of carbonyl (C=O) groups is 2. The van der Waals surface area contributed by atoms with E-state index in [4.69, 9.17) is 23.9 Å². The van der Waals surface area contributed by atoms with E-state index < -0.39 is 65.7 Å². The number of rotatable bonds is 8. The molecule has 2 saturated carbocycles. The molecule has 6 N–H and O–H groups in total. The number of nitrogens with one attached hydrogen (secondary N) is 1. The molecule has 0 aromatic heterocycles. The van der Waals surface area contributed by atoms with Gasteiger partial charge in [-0.15, -0.1) is 0 Å². The lowest BCUT2D eigenvalue weighted by Gasteiger charge is -2.51. The van der Waals surface area contributed by atoms with Gasteiger partial charge in [-0.2, -0.15) is 8.42 Å². The molecule has 2 heterocycles. The van der Waals surface area contributed by atoms with Crippen LogP contribution in [0.2, 0.25) is 0 Å². The summed E-state index contributed by atoms with van der Waals surface area (Å²) in [6.45, 7) is 1.61. The van der Waals surface area contributed by atoms with E-state index in [1.807, 2.05) is 5.48 Å². The molecule has 1 aromatic carbocycles. The first-order chi connectivity index (χ1) is 19.3. The van der Waals surface area contributed by atoms with Crippen LogP contribution in [-0.2, 0) is 34.3 Å². The normalized spacial score (nSPS) is 38.1. The summed E-state index contributed by atoms with van der Waals surface area (Å²) in [5, 5.41) is 40.0. The SMILES string of the molecule is C[C@]12CC[C@@H]3c4ccc(OS(=O)(=O)O)cc4OC[C@H]3[C@@H]1CC[C@@H]2OC1O[C@H](C(=O)NOCC(=O)O)[C@@H](O)[C@H](O)[C@H]1O. The molecule has 41 heavy (non-hydrogen) atoms. The third-order valence-electron chi connectivity index (χ3n) is 8.86. The summed E-state index contributed by atoms with van der Waals surface area (Å²) >= 11 is 0. The molecule has 1 unspecified atom stereocenters. The number of aliphatic carboxylic acids is 1. The number of aliphatic hydroxyl groups is 3. The number of aliphatic hydroxyl groups excluding tert-OH is 3. The van der Waals surface area contributed by atoms with Crippen LogP contribution in [0.1, 0.15) is 44.1 Å². The van der Waals surface area contributed by atoms with Crippen LogP contribution in [0, 0.1) is 17.3 Å². The number of carboxylic acids is 1. The number of fused-ring (bicyclic) bond motifs is 5. The highest BCUT2D eigenvalue weighted by Gasteiger charge is 2.58. The Morgan fingerprint density at radius 2 is 1.88 bits per heavy atom. The zero-order valence-electron chi connectivity index (χ0n) is 22.0. The van der Waals surface area contributed by atoms with Gasteiger partial charge < -0.3 is 38.8 Å². The van der Waals surface area contributed by atoms with Crippen LogP contribution >= 0.6 is 0 Å². The van der Waals surface area contributed by atoms with Gasteiger partial charge in [0, 0.05) is 12.0 Å². The van der Waals surface area contributed by atoms with Crippen molar-refractivity contribution in [3.05, 3.63) is 23.8 Å². The predicted molar refractivity (Wildman–Crippen MR) is 134 cm³/mol. The summed E-state index contributed by atoms with van der Waals surface area (Å²) in [6, 6.07) is 4.64. The predicted octanol–water partition coefficient (Wildman–Crippen LogP) is -0.504. The number of ether oxygens (including phenoxy) is 3. The molecule has 10 atom stereocenters. The molecule has 15 nitrogen and oxygen atoms in total. The van der Waals surface area contributed by atoms with E-state index in [1.165, 1.54) is 12.1 Å². The molecule has 4 aliphatic rings. The lowest BCUT2D eigenvalue weighted by Crippen LogP contribution is -2.63. The number of hydrogen-bond donors (Lipinski definition) is 6. The summed E-state index contributed by atoms with van der Waals surface area (Å²) in [4.78, 5) is 27.6. The molecule has 3 fully saturated rings. The minimum atomic E-state index is -4.67. The fourth-order valence-corrected chi connectivity index (χ4v) is 7.30. The zero-order valence-corrected chi connectivity index (χ0v) is 22.8. The van der Waals surface area contributed by atoms with Gasteiger partial charge in [-0.1, -0.05) is 13.0 Å². The highest BCUT2D eigenvalue weighted by atomic mass is 32.3. The molecule has 2 aliphatic heterocycles. The highest BCUT2D eigenvalue weighted by molar-refractivity contribution is 7.81. The second-order valence-electron chi connectivity index (χ2n) is 11.2. The maximum Gasteiger partial charge on any atom is 0.446 e. The minimum absolute atomic E-state index is 0.0570. The minimum Gasteiger partial charge on any atom is -0.493 e. The van der Waals surface area contributed by atoms with E-state index in [1.54, 1.807) is 6.07 Å². The van der Waals surface area contributed by atoms with Gasteiger partial charge in [0.05, 0.1) is 12.7 Å². The van der Waals surface area contributed by atoms with Crippen molar-refractivity contribution in [2.45, 2.75) is 75.3 Å². The van der Waals surface area contributed by atoms with E-state index in [0.29, 0.717) is 18.8 Å². The standard InChI is InChI=1S/C25H33NO14S/c1-25-7-6-12-13-3-2-11(40-41(33,34)35)8-16(13)36-9-14(12)15(25)4-5-17(25)38-24-21(31)19(29)20(30)22(39-24)23(32)26-37-10-18(27)28/h2-3,8,12,14-15,17,19-22,24,29-31H,4-7,9-10H2,1H3,(H,26,32)(H,27,28)(H,33,34,35)/t12-,14-,15+,17+,19+,20+,21-,22+,24?,25+/m1/s1. The van der Waals surface area contributed by atoms with E-state index >= 15 is 0 Å². The molecule has 1 aromatic rings. The van der Waals surface area contributed by atoms with Gasteiger partial charge in [-0.05, 0) is 54.6 Å². The second kappa shape index (κ2) is 11.3. The lowest BCUT2D eigenvalue weighted by molar-refractivity contribution is -0.311. The molecule has 228 valence electrons. The van der Waals surface area contributed by atoms with Crippen LogP contribution < -0.4 is 14.4 Å². The number of carbonyl (C=O) groups excluding carboxylic acids is 1. The van der Waals surface area contributed by atoms with Gasteiger partial charge >= 0.3 is 16.4 Å². The van der Waals surface area contributed by atoms with Gasteiger partial charge in [0.25, 0.3) is 5.91 Å². The topological polar surface area (TPSA) is 228 Å². The molecular formula is C25H33NO14S. The van der Waals surface area contributed by atoms with Gasteiger partial charge in [0.2, 0.25) is 0 Å². The molecule has 5 rings (SSSR count). The van der Waals surface area contributed by atoms with Crippen molar-refractivity contribution < 1.29 is 66.2 Å². The van der Waals surface area contributed by atoms with E-state index in [9.17, 15) is 33.3 Å². The van der Waals surface area contributed by atoms with E-state index in [2.05, 4.69) is 15.9 Å². The summed E-state index contributed by atoms with van der Waals surface area (Å²) < 4.78 is 53.5. The fraction of sp³-hybridized carbons (Fsp3) is 0.680. The van der Waals surface area contributed by atoms with Crippen molar-refractivity contribution in [3.8, 4) is 11.5 Å². The maximum absolute atomic E-state index is 12.4. The van der Waals surface area contributed by atoms with Crippen molar-refractivity contribution >= 4 is 22.3 Å². The average molecular weight is 604 g/mol. The van der Waals surface area contributed by atoms with Gasteiger partial charge in [0.15, 0.2) is 19.0 Å². The van der Waals surface area contributed by atoms with Gasteiger partial charge in [-0.3, -0.25) is 14.2 Å². The first-order valence-corrected chi connectivity index (χ1v) is 14.6. The largest absolute Gasteiger partial charge is 0.493 e. The van der Waals surface area contributed by atoms with Gasteiger partial charge in [0.1, 0.15) is 29.8 Å². The third-order valence-corrected chi connectivity index (χ3v) is 9.27.